The van der Waals surface area contributed by atoms with Gasteiger partial charge in [0.25, 0.3) is 0 Å². The van der Waals surface area contributed by atoms with E-state index in [1.807, 2.05) is 19.1 Å². The highest BCUT2D eigenvalue weighted by atomic mass is 19.1. The number of phenolic OH excluding ortho intramolecular Hbond substituents is 1. The Bertz CT molecular complexity index is 496. The van der Waals surface area contributed by atoms with Crippen LogP contribution in [0.4, 0.5) is 4.39 Å². The molecule has 0 aliphatic carbocycles. The fourth-order valence-corrected chi connectivity index (χ4v) is 1.78. The molecule has 0 bridgehead atoms. The average molecular weight is 246 g/mol. The number of aromatic hydroxyl groups is 1. The number of nitrogens with zero attached hydrogens (tertiary/aromatic N) is 1. The highest BCUT2D eigenvalue weighted by molar-refractivity contribution is 5.28. The van der Waals surface area contributed by atoms with Gasteiger partial charge in [-0.3, -0.25) is 4.98 Å². The second-order valence-electron chi connectivity index (χ2n) is 4.20. The van der Waals surface area contributed by atoms with Crippen molar-refractivity contribution in [3.05, 3.63) is 59.7 Å². The Morgan fingerprint density at radius 1 is 1.28 bits per heavy atom. The zero-order chi connectivity index (χ0) is 13.0. The maximum Gasteiger partial charge on any atom is 0.127 e. The number of aromatic nitrogens is 1. The first-order valence-electron chi connectivity index (χ1n) is 5.77. The molecule has 0 aliphatic heterocycles. The summed E-state index contributed by atoms with van der Waals surface area (Å²) in [5, 5.41) is 12.6. The predicted molar refractivity (Wildman–Crippen MR) is 67.6 cm³/mol. The number of halogens is 1. The molecule has 3 nitrogen and oxygen atoms in total. The number of pyridine rings is 1. The summed E-state index contributed by atoms with van der Waals surface area (Å²) in [6.45, 7) is 2.52. The largest absolute Gasteiger partial charge is 0.508 e. The lowest BCUT2D eigenvalue weighted by Crippen LogP contribution is -2.18. The van der Waals surface area contributed by atoms with Gasteiger partial charge in [-0.15, -0.1) is 0 Å². The van der Waals surface area contributed by atoms with E-state index in [-0.39, 0.29) is 11.8 Å². The highest BCUT2D eigenvalue weighted by Gasteiger charge is 2.05. The monoisotopic (exact) mass is 246 g/mol. The van der Waals surface area contributed by atoms with Crippen molar-refractivity contribution in [1.82, 2.24) is 10.3 Å². The summed E-state index contributed by atoms with van der Waals surface area (Å²) in [7, 11) is 0. The molecule has 0 amide bonds. The second kappa shape index (κ2) is 5.60. The van der Waals surface area contributed by atoms with Crippen LogP contribution >= 0.6 is 0 Å². The normalized spacial score (nSPS) is 12.3. The average Bonchev–Trinajstić information content (AvgIpc) is 2.36. The van der Waals surface area contributed by atoms with Crippen LogP contribution in [0.5, 0.6) is 5.75 Å². The molecule has 1 aromatic carbocycles. The van der Waals surface area contributed by atoms with Crippen molar-refractivity contribution in [2.75, 3.05) is 0 Å². The van der Waals surface area contributed by atoms with Gasteiger partial charge in [-0.25, -0.2) is 4.39 Å². The topological polar surface area (TPSA) is 45.1 Å². The number of nitrogens with one attached hydrogen (secondary N) is 1. The highest BCUT2D eigenvalue weighted by Crippen LogP contribution is 2.16. The van der Waals surface area contributed by atoms with Gasteiger partial charge in [0.15, 0.2) is 0 Å². The van der Waals surface area contributed by atoms with Crippen LogP contribution in [-0.4, -0.2) is 10.1 Å². The molecule has 1 atom stereocenters. The summed E-state index contributed by atoms with van der Waals surface area (Å²) in [6.07, 6.45) is 3.48. The van der Waals surface area contributed by atoms with E-state index in [9.17, 15) is 9.50 Å². The molecule has 2 rings (SSSR count). The number of hydrogen-bond acceptors (Lipinski definition) is 3. The van der Waals surface area contributed by atoms with Gasteiger partial charge in [0.1, 0.15) is 11.6 Å². The summed E-state index contributed by atoms with van der Waals surface area (Å²) in [5.74, 6) is -0.480. The summed E-state index contributed by atoms with van der Waals surface area (Å²) in [6, 6.07) is 8.05. The number of hydrogen-bond donors (Lipinski definition) is 2. The molecule has 1 heterocycles. The SMILES string of the molecule is C[C@H](NCc1cc(O)cc(F)c1)c1ccncc1. The van der Waals surface area contributed by atoms with Gasteiger partial charge in [0.2, 0.25) is 0 Å². The molecule has 2 aromatic rings. The Hall–Kier alpha value is -1.94. The zero-order valence-electron chi connectivity index (χ0n) is 10.1. The number of benzene rings is 1. The smallest absolute Gasteiger partial charge is 0.127 e. The Morgan fingerprint density at radius 2 is 2.00 bits per heavy atom. The molecular formula is C14H15FN2O. The molecule has 0 spiro atoms. The predicted octanol–water partition coefficient (Wildman–Crippen LogP) is 2.78. The minimum Gasteiger partial charge on any atom is -0.508 e. The van der Waals surface area contributed by atoms with Gasteiger partial charge in [-0.1, -0.05) is 0 Å². The van der Waals surface area contributed by atoms with E-state index in [1.54, 1.807) is 18.5 Å². The van der Waals surface area contributed by atoms with Crippen molar-refractivity contribution in [3.8, 4) is 5.75 Å². The molecule has 1 aromatic heterocycles. The van der Waals surface area contributed by atoms with E-state index in [0.717, 1.165) is 11.6 Å². The molecule has 0 unspecified atom stereocenters. The Balaban J connectivity index is 1.99. The van der Waals surface area contributed by atoms with Crippen LogP contribution in [0.2, 0.25) is 0 Å². The van der Waals surface area contributed by atoms with Crippen LogP contribution in [0.1, 0.15) is 24.1 Å². The number of rotatable bonds is 4. The van der Waals surface area contributed by atoms with Gasteiger partial charge >= 0.3 is 0 Å². The Morgan fingerprint density at radius 3 is 2.67 bits per heavy atom. The van der Waals surface area contributed by atoms with Crippen LogP contribution in [0, 0.1) is 5.82 Å². The van der Waals surface area contributed by atoms with Gasteiger partial charge in [-0.2, -0.15) is 0 Å². The zero-order valence-corrected chi connectivity index (χ0v) is 10.1. The molecule has 0 aliphatic rings. The number of phenols is 1. The maximum absolute atomic E-state index is 13.1. The summed E-state index contributed by atoms with van der Waals surface area (Å²) < 4.78 is 13.1. The van der Waals surface area contributed by atoms with Gasteiger partial charge in [0, 0.05) is 31.0 Å². The van der Waals surface area contributed by atoms with Crippen LogP contribution in [-0.2, 0) is 6.54 Å². The fourth-order valence-electron chi connectivity index (χ4n) is 1.78. The lowest BCUT2D eigenvalue weighted by molar-refractivity contribution is 0.466. The molecule has 2 N–H and O–H groups in total. The summed E-state index contributed by atoms with van der Waals surface area (Å²) >= 11 is 0. The lowest BCUT2D eigenvalue weighted by atomic mass is 10.1. The van der Waals surface area contributed by atoms with Crippen molar-refractivity contribution in [2.45, 2.75) is 19.5 Å². The minimum atomic E-state index is -0.427. The van der Waals surface area contributed by atoms with Crippen molar-refractivity contribution in [1.29, 1.82) is 0 Å². The van der Waals surface area contributed by atoms with Crippen LogP contribution < -0.4 is 5.32 Å². The molecule has 0 fully saturated rings. The molecule has 0 saturated carbocycles. The van der Waals surface area contributed by atoms with Crippen LogP contribution in [0.3, 0.4) is 0 Å². The second-order valence-corrected chi connectivity index (χ2v) is 4.20. The van der Waals surface area contributed by atoms with E-state index in [2.05, 4.69) is 10.3 Å². The van der Waals surface area contributed by atoms with E-state index in [1.165, 1.54) is 6.07 Å². The molecule has 0 radical (unpaired) electrons. The summed E-state index contributed by atoms with van der Waals surface area (Å²) in [4.78, 5) is 3.96. The van der Waals surface area contributed by atoms with Gasteiger partial charge in [-0.05, 0) is 42.3 Å². The molecule has 94 valence electrons. The third-order valence-corrected chi connectivity index (χ3v) is 2.76. The van der Waals surface area contributed by atoms with Crippen LogP contribution in [0.25, 0.3) is 0 Å². The third kappa shape index (κ3) is 3.28. The van der Waals surface area contributed by atoms with Crippen molar-refractivity contribution in [2.24, 2.45) is 0 Å². The molecular weight excluding hydrogens is 231 g/mol. The van der Waals surface area contributed by atoms with Crippen molar-refractivity contribution in [3.63, 3.8) is 0 Å². The summed E-state index contributed by atoms with van der Waals surface area (Å²) in [5.41, 5.74) is 1.83. The third-order valence-electron chi connectivity index (χ3n) is 2.76. The van der Waals surface area contributed by atoms with E-state index in [0.29, 0.717) is 12.1 Å². The lowest BCUT2D eigenvalue weighted by Gasteiger charge is -2.14. The van der Waals surface area contributed by atoms with Gasteiger partial charge in [0.05, 0.1) is 0 Å². The quantitative estimate of drug-likeness (QED) is 0.872. The fraction of sp³-hybridized carbons (Fsp3) is 0.214. The van der Waals surface area contributed by atoms with E-state index < -0.39 is 5.82 Å². The first-order chi connectivity index (χ1) is 8.65. The van der Waals surface area contributed by atoms with Gasteiger partial charge < -0.3 is 10.4 Å². The standard InChI is InChI=1S/C14H15FN2O/c1-10(12-2-4-16-5-3-12)17-9-11-6-13(15)8-14(18)7-11/h2-8,10,17-18H,9H2,1H3/t10-/m0/s1. The van der Waals surface area contributed by atoms with Crippen LogP contribution in [0.15, 0.2) is 42.7 Å². The Labute approximate surface area is 105 Å². The first-order valence-corrected chi connectivity index (χ1v) is 5.77. The minimum absolute atomic E-state index is 0.0524. The molecule has 0 saturated heterocycles. The maximum atomic E-state index is 13.1. The van der Waals surface area contributed by atoms with Crippen molar-refractivity contribution >= 4 is 0 Å². The molecule has 18 heavy (non-hydrogen) atoms. The molecule has 4 heteroatoms. The Kier molecular flexibility index (Phi) is 3.89. The van der Waals surface area contributed by atoms with E-state index in [4.69, 9.17) is 0 Å². The first kappa shape index (κ1) is 12.5. The van der Waals surface area contributed by atoms with Crippen molar-refractivity contribution < 1.29 is 9.50 Å². The van der Waals surface area contributed by atoms with E-state index >= 15 is 0 Å².